The van der Waals surface area contributed by atoms with Crippen LogP contribution in [0, 0.1) is 0 Å². The highest BCUT2D eigenvalue weighted by Crippen LogP contribution is 2.66. The average molecular weight is 1100 g/mol. The molecule has 1 N–H and O–H groups in total. The summed E-state index contributed by atoms with van der Waals surface area (Å²) in [6.45, 7) is 9.13. The quantitative estimate of drug-likeness (QED) is 0.191. The maximum Gasteiger partial charge on any atom is 0.267 e. The fraction of sp³-hybridized carbons (Fsp3) is 0.114. The number of para-hydroxylation sites is 1. The Kier molecular flexibility index (Phi) is 9.04. The number of aromatic amines is 1. The third kappa shape index (κ3) is 5.69. The lowest BCUT2D eigenvalue weighted by Gasteiger charge is -2.36. The molecule has 4 heterocycles. The van der Waals surface area contributed by atoms with E-state index in [0.29, 0.717) is 29.0 Å². The van der Waals surface area contributed by atoms with Crippen LogP contribution in [0.5, 0.6) is 0 Å². The molecule has 0 amide bonds. The van der Waals surface area contributed by atoms with Crippen molar-refractivity contribution in [2.24, 2.45) is 0 Å². The molecule has 0 saturated heterocycles. The van der Waals surface area contributed by atoms with Gasteiger partial charge in [0.25, 0.3) is 11.5 Å². The molecular formula is C79H53N5O2. The van der Waals surface area contributed by atoms with Crippen molar-refractivity contribution < 1.29 is 4.79 Å². The van der Waals surface area contributed by atoms with Crippen molar-refractivity contribution in [1.82, 2.24) is 23.9 Å². The van der Waals surface area contributed by atoms with Crippen LogP contribution in [-0.2, 0) is 28.1 Å². The van der Waals surface area contributed by atoms with Crippen LogP contribution in [0.25, 0.3) is 83.3 Å². The second-order valence-corrected chi connectivity index (χ2v) is 25.7. The summed E-state index contributed by atoms with van der Waals surface area (Å²) in [6, 6.07) is 83.3. The minimum absolute atomic E-state index is 0.0577. The Hall–Kier alpha value is -10.5. The molecule has 1 aliphatic heterocycles. The van der Waals surface area contributed by atoms with Crippen LogP contribution < -0.4 is 5.56 Å². The third-order valence-corrected chi connectivity index (χ3v) is 20.5. The van der Waals surface area contributed by atoms with E-state index in [4.69, 9.17) is 9.97 Å². The molecular weight excluding hydrogens is 1050 g/mol. The van der Waals surface area contributed by atoms with Gasteiger partial charge in [0.05, 0.1) is 49.2 Å². The molecule has 2 atom stereocenters. The number of nitrogens with one attached hydrogen (secondary N) is 1. The molecule has 5 aliphatic rings. The van der Waals surface area contributed by atoms with E-state index in [2.05, 4.69) is 221 Å². The van der Waals surface area contributed by atoms with Gasteiger partial charge in [-0.05, 0) is 166 Å². The van der Waals surface area contributed by atoms with Gasteiger partial charge < -0.3 is 4.98 Å². The van der Waals surface area contributed by atoms with Gasteiger partial charge in [0.1, 0.15) is 5.82 Å². The Labute approximate surface area is 495 Å². The lowest BCUT2D eigenvalue weighted by atomic mass is 9.69. The number of benzene rings is 11. The zero-order valence-corrected chi connectivity index (χ0v) is 47.8. The number of nitrogens with zero attached hydrogens (tertiary/aromatic N) is 4. The van der Waals surface area contributed by atoms with Gasteiger partial charge in [-0.15, -0.1) is 0 Å². The van der Waals surface area contributed by atoms with Crippen LogP contribution in [0.3, 0.4) is 0 Å². The first-order valence-electron chi connectivity index (χ1n) is 29.9. The van der Waals surface area contributed by atoms with Crippen molar-refractivity contribution in [2.45, 2.75) is 55.8 Å². The zero-order valence-electron chi connectivity index (χ0n) is 47.8. The predicted molar refractivity (Wildman–Crippen MR) is 343 cm³/mol. The lowest BCUT2D eigenvalue weighted by Crippen LogP contribution is -2.38. The van der Waals surface area contributed by atoms with E-state index in [1.54, 1.807) is 0 Å². The molecule has 2 spiro atoms. The first kappa shape index (κ1) is 47.9. The molecule has 86 heavy (non-hydrogen) atoms. The number of fused-ring (bicyclic) bond motifs is 29. The van der Waals surface area contributed by atoms with Gasteiger partial charge in [0.2, 0.25) is 5.78 Å². The number of H-pyrrole nitrogens is 1. The maximum absolute atomic E-state index is 15.3. The number of carbonyl (C=O) groups is 1. The van der Waals surface area contributed by atoms with Crippen LogP contribution in [0.4, 0.5) is 0 Å². The smallest absolute Gasteiger partial charge is 0.267 e. The van der Waals surface area contributed by atoms with E-state index in [9.17, 15) is 4.79 Å². The number of imidazole rings is 2. The summed E-state index contributed by atoms with van der Waals surface area (Å²) < 4.78 is 3.74. The predicted octanol–water partition coefficient (Wildman–Crippen LogP) is 16.6. The average Bonchev–Trinajstić information content (AvgIpc) is 1.53. The van der Waals surface area contributed by atoms with Crippen molar-refractivity contribution in [2.75, 3.05) is 0 Å². The number of carbonyl (C=O) groups excluding carboxylic acids is 1. The van der Waals surface area contributed by atoms with Crippen molar-refractivity contribution in [3.05, 3.63) is 325 Å². The van der Waals surface area contributed by atoms with Crippen molar-refractivity contribution >= 4 is 44.7 Å². The maximum atomic E-state index is 15.3. The molecule has 11 aromatic carbocycles. The van der Waals surface area contributed by atoms with E-state index in [0.717, 1.165) is 66.5 Å². The van der Waals surface area contributed by atoms with Gasteiger partial charge in [-0.1, -0.05) is 215 Å². The Bertz CT molecular complexity index is 5470. The van der Waals surface area contributed by atoms with Gasteiger partial charge in [-0.3, -0.25) is 14.2 Å². The highest BCUT2D eigenvalue weighted by molar-refractivity contribution is 6.08. The van der Waals surface area contributed by atoms with E-state index >= 15 is 4.79 Å². The van der Waals surface area contributed by atoms with Gasteiger partial charge in [0, 0.05) is 11.1 Å². The Morgan fingerprint density at radius 2 is 0.988 bits per heavy atom. The van der Waals surface area contributed by atoms with Crippen molar-refractivity contribution in [1.29, 1.82) is 0 Å². The molecule has 0 fully saturated rings. The number of rotatable bonds is 3. The SMILES string of the molecule is CC(C)(C)c1ccc2c(c1)C1(c3ccccc3-2)c2ccccc2-c2cc3c(cc21)nc1n3C(=O)c2ccccc2C1(C)c1ccc(Cc2ccc3c(c2)C2(c4ccccc4-c4ccccc42)c2c-3ccc3nc4[nH]c5ccccc5c(=O)n4c23)cc1. The molecule has 0 radical (unpaired) electrons. The van der Waals surface area contributed by atoms with Crippen LogP contribution >= 0.6 is 0 Å². The first-order valence-corrected chi connectivity index (χ1v) is 29.9. The molecule has 7 heteroatoms. The number of hydrogen-bond donors (Lipinski definition) is 1. The fourth-order valence-electron chi connectivity index (χ4n) is 16.8. The summed E-state index contributed by atoms with van der Waals surface area (Å²) >= 11 is 0. The number of hydrogen-bond acceptors (Lipinski definition) is 4. The normalized spacial score (nSPS) is 17.6. The molecule has 2 unspecified atom stereocenters. The summed E-state index contributed by atoms with van der Waals surface area (Å²) in [7, 11) is 0. The Balaban J connectivity index is 0.757. The minimum atomic E-state index is -0.789. The topological polar surface area (TPSA) is 85.0 Å². The molecule has 3 aromatic heterocycles. The van der Waals surface area contributed by atoms with E-state index < -0.39 is 16.2 Å². The van der Waals surface area contributed by atoms with Crippen molar-refractivity contribution in [3.63, 3.8) is 0 Å². The van der Waals surface area contributed by atoms with Crippen LogP contribution in [-0.4, -0.2) is 29.8 Å². The standard InChI is InChI=1S/C79H53N5O2/c1-76(2,3)47-34-36-52-50-19-5-12-24-59(50)78(64(52)41-47)60-25-13-8-20-51(60)57-42-69-68(43-65(57)78)80-74-77(4,58-23-11-9-21-55(58)72(85)83(69)74)46-32-29-44(30-33-46)39-45-31-35-53-54-37-38-67-71(84-73(86)56-22-10-16-28-66(56)81-75(84)82-67)70(54)79(63(53)40-45)61-26-14-6-17-48(61)49-18-7-15-27-62(49)79/h5-38,40-43H,39H2,1-4H3,(H,81,82). The Morgan fingerprint density at radius 1 is 0.453 bits per heavy atom. The second kappa shape index (κ2) is 16.2. The van der Waals surface area contributed by atoms with Crippen LogP contribution in [0.1, 0.15) is 116 Å². The van der Waals surface area contributed by atoms with E-state index in [-0.39, 0.29) is 16.9 Å². The summed E-state index contributed by atoms with van der Waals surface area (Å²) in [5.74, 6) is 1.18. The number of aromatic nitrogens is 5. The lowest BCUT2D eigenvalue weighted by molar-refractivity contribution is 0.0949. The van der Waals surface area contributed by atoms with E-state index in [1.165, 1.54) is 77.9 Å². The second-order valence-electron chi connectivity index (χ2n) is 25.7. The van der Waals surface area contributed by atoms with Gasteiger partial charge in [-0.2, -0.15) is 0 Å². The third-order valence-electron chi connectivity index (χ3n) is 20.5. The van der Waals surface area contributed by atoms with Crippen LogP contribution in [0.2, 0.25) is 0 Å². The highest BCUT2D eigenvalue weighted by Gasteiger charge is 2.55. The fourth-order valence-corrected chi connectivity index (χ4v) is 16.8. The molecule has 0 bridgehead atoms. The zero-order chi connectivity index (χ0) is 57.3. The summed E-state index contributed by atoms with van der Waals surface area (Å²) in [4.78, 5) is 44.4. The van der Waals surface area contributed by atoms with Gasteiger partial charge in [-0.25, -0.2) is 14.4 Å². The van der Waals surface area contributed by atoms with Gasteiger partial charge in [0.15, 0.2) is 0 Å². The summed E-state index contributed by atoms with van der Waals surface area (Å²) in [5.41, 5.74) is 27.3. The van der Waals surface area contributed by atoms with Crippen LogP contribution in [0.15, 0.2) is 235 Å². The van der Waals surface area contributed by atoms with E-state index in [1.807, 2.05) is 51.4 Å². The summed E-state index contributed by atoms with van der Waals surface area (Å²) in [5, 5.41) is 0.621. The monoisotopic (exact) mass is 1100 g/mol. The largest absolute Gasteiger partial charge is 0.324 e. The molecule has 19 rings (SSSR count). The minimum Gasteiger partial charge on any atom is -0.324 e. The molecule has 0 saturated carbocycles. The summed E-state index contributed by atoms with van der Waals surface area (Å²) in [6.07, 6.45) is 0.683. The molecule has 406 valence electrons. The first-order chi connectivity index (χ1) is 42.0. The molecule has 7 nitrogen and oxygen atoms in total. The molecule has 14 aromatic rings. The van der Waals surface area contributed by atoms with Gasteiger partial charge >= 0.3 is 0 Å². The Morgan fingerprint density at radius 3 is 1.67 bits per heavy atom. The highest BCUT2D eigenvalue weighted by atomic mass is 16.2. The van der Waals surface area contributed by atoms with Crippen molar-refractivity contribution in [3.8, 4) is 44.5 Å². The molecule has 4 aliphatic carbocycles.